The number of carbonyl (C=O) groups excluding carboxylic acids is 2. The molecular weight excluding hydrogens is 362 g/mol. The first-order valence-corrected chi connectivity index (χ1v) is 12.2. The Hall–Kier alpha value is -1.32. The van der Waals surface area contributed by atoms with E-state index >= 15 is 0 Å². The maximum Gasteiger partial charge on any atom is 0.309 e. The van der Waals surface area contributed by atoms with Gasteiger partial charge in [0.05, 0.1) is 12.5 Å². The lowest BCUT2D eigenvalue weighted by Crippen LogP contribution is -2.40. The third-order valence-electron chi connectivity index (χ3n) is 5.97. The molecule has 1 aliphatic heterocycles. The molecule has 1 heterocycles. The molecule has 168 valence electrons. The van der Waals surface area contributed by atoms with Crippen LogP contribution >= 0.6 is 0 Å². The highest BCUT2D eigenvalue weighted by atomic mass is 16.5. The van der Waals surface area contributed by atoms with Crippen molar-refractivity contribution in [1.29, 1.82) is 0 Å². The number of ether oxygens (including phenoxy) is 1. The maximum atomic E-state index is 12.2. The molecule has 1 rings (SSSR count). The molecule has 0 atom stereocenters. The number of esters is 1. The van der Waals surface area contributed by atoms with E-state index in [2.05, 4.69) is 13.5 Å². The zero-order chi connectivity index (χ0) is 21.3. The second kappa shape index (κ2) is 16.5. The molecule has 0 aromatic heterocycles. The molecule has 4 nitrogen and oxygen atoms in total. The first kappa shape index (κ1) is 25.7. The van der Waals surface area contributed by atoms with Crippen LogP contribution in [0.1, 0.15) is 110 Å². The van der Waals surface area contributed by atoms with Crippen LogP contribution < -0.4 is 0 Å². The second-order valence-corrected chi connectivity index (χ2v) is 8.76. The minimum Gasteiger partial charge on any atom is -0.465 e. The van der Waals surface area contributed by atoms with E-state index in [9.17, 15) is 9.59 Å². The van der Waals surface area contributed by atoms with Crippen molar-refractivity contribution in [3.8, 4) is 0 Å². The third-order valence-corrected chi connectivity index (χ3v) is 5.97. The summed E-state index contributed by atoms with van der Waals surface area (Å²) in [6.45, 7) is 9.51. The molecule has 29 heavy (non-hydrogen) atoms. The van der Waals surface area contributed by atoms with Crippen LogP contribution in [-0.2, 0) is 14.3 Å². The summed E-state index contributed by atoms with van der Waals surface area (Å²) in [5, 5.41) is 0. The smallest absolute Gasteiger partial charge is 0.309 e. The number of likely N-dealkylation sites (tertiary alicyclic amines) is 1. The van der Waals surface area contributed by atoms with Crippen molar-refractivity contribution in [2.45, 2.75) is 110 Å². The highest BCUT2D eigenvalue weighted by Crippen LogP contribution is 2.20. The Morgan fingerprint density at radius 2 is 1.28 bits per heavy atom. The highest BCUT2D eigenvalue weighted by Gasteiger charge is 2.28. The summed E-state index contributed by atoms with van der Waals surface area (Å²) in [5.41, 5.74) is 0.563. The van der Waals surface area contributed by atoms with E-state index in [1.165, 1.54) is 70.6 Å². The van der Waals surface area contributed by atoms with Crippen molar-refractivity contribution in [1.82, 2.24) is 4.90 Å². The van der Waals surface area contributed by atoms with Gasteiger partial charge in [-0.25, -0.2) is 0 Å². The van der Waals surface area contributed by atoms with Gasteiger partial charge in [0.2, 0.25) is 5.91 Å². The Morgan fingerprint density at radius 3 is 1.72 bits per heavy atom. The Morgan fingerprint density at radius 1 is 0.828 bits per heavy atom. The summed E-state index contributed by atoms with van der Waals surface area (Å²) < 4.78 is 5.46. The number of nitrogens with zero attached hydrogens (tertiary/aromatic N) is 1. The van der Waals surface area contributed by atoms with Gasteiger partial charge in [-0.3, -0.25) is 9.59 Å². The predicted octanol–water partition coefficient (Wildman–Crippen LogP) is 6.44. The second-order valence-electron chi connectivity index (χ2n) is 8.76. The largest absolute Gasteiger partial charge is 0.465 e. The van der Waals surface area contributed by atoms with E-state index in [1.54, 1.807) is 11.8 Å². The van der Waals surface area contributed by atoms with Gasteiger partial charge in [0, 0.05) is 18.7 Å². The van der Waals surface area contributed by atoms with Crippen LogP contribution in [0.3, 0.4) is 0 Å². The summed E-state index contributed by atoms with van der Waals surface area (Å²) in [6.07, 6.45) is 18.5. The van der Waals surface area contributed by atoms with Gasteiger partial charge < -0.3 is 9.64 Å². The lowest BCUT2D eigenvalue weighted by atomic mass is 9.96. The summed E-state index contributed by atoms with van der Waals surface area (Å²) in [6, 6.07) is 0. The molecule has 4 heteroatoms. The van der Waals surface area contributed by atoms with Crippen LogP contribution in [0.25, 0.3) is 0 Å². The number of rotatable bonds is 16. The van der Waals surface area contributed by atoms with E-state index in [4.69, 9.17) is 4.74 Å². The van der Waals surface area contributed by atoms with Gasteiger partial charge in [-0.15, -0.1) is 0 Å². The fourth-order valence-electron chi connectivity index (χ4n) is 4.00. The first-order chi connectivity index (χ1) is 14.1. The fraction of sp³-hybridized carbons (Fsp3) is 0.840. The lowest BCUT2D eigenvalue weighted by molar-refractivity contribution is -0.151. The topological polar surface area (TPSA) is 46.6 Å². The van der Waals surface area contributed by atoms with Gasteiger partial charge >= 0.3 is 5.97 Å². The van der Waals surface area contributed by atoms with Crippen LogP contribution in [0, 0.1) is 5.92 Å². The number of amides is 1. The normalized spacial score (nSPS) is 14.8. The molecule has 0 aliphatic carbocycles. The van der Waals surface area contributed by atoms with Crippen molar-refractivity contribution >= 4 is 11.9 Å². The number of hydrogen-bond acceptors (Lipinski definition) is 3. The zero-order valence-corrected chi connectivity index (χ0v) is 19.2. The Labute approximate surface area is 179 Å². The van der Waals surface area contributed by atoms with Crippen molar-refractivity contribution < 1.29 is 14.3 Å². The molecular formula is C25H45NO3. The number of hydrogen-bond donors (Lipinski definition) is 0. The molecule has 1 saturated heterocycles. The van der Waals surface area contributed by atoms with Gasteiger partial charge in [-0.2, -0.15) is 0 Å². The minimum absolute atomic E-state index is 0.00351. The molecule has 0 N–H and O–H groups in total. The standard InChI is InChI=1S/C25H45NO3/c1-4-5-6-7-8-9-10-11-12-13-14-15-16-21-29-25(28)23-17-19-26(20-18-23)24(27)22(2)3/h23H,2,4-21H2,1,3H3. The molecule has 0 saturated carbocycles. The van der Waals surface area contributed by atoms with Crippen molar-refractivity contribution in [2.24, 2.45) is 5.92 Å². The van der Waals surface area contributed by atoms with Gasteiger partial charge in [0.15, 0.2) is 0 Å². The van der Waals surface area contributed by atoms with Gasteiger partial charge in [-0.05, 0) is 26.2 Å². The Balaban J connectivity index is 1.90. The quantitative estimate of drug-likeness (QED) is 0.168. The van der Waals surface area contributed by atoms with E-state index in [0.29, 0.717) is 38.1 Å². The van der Waals surface area contributed by atoms with E-state index in [-0.39, 0.29) is 17.8 Å². The van der Waals surface area contributed by atoms with Crippen LogP contribution in [0.15, 0.2) is 12.2 Å². The summed E-state index contributed by atoms with van der Waals surface area (Å²) in [7, 11) is 0. The summed E-state index contributed by atoms with van der Waals surface area (Å²) >= 11 is 0. The van der Waals surface area contributed by atoms with Crippen LogP contribution in [0.2, 0.25) is 0 Å². The van der Waals surface area contributed by atoms with Gasteiger partial charge in [-0.1, -0.05) is 90.6 Å². The molecule has 1 fully saturated rings. The lowest BCUT2D eigenvalue weighted by Gasteiger charge is -2.31. The van der Waals surface area contributed by atoms with Crippen molar-refractivity contribution in [3.05, 3.63) is 12.2 Å². The molecule has 1 amide bonds. The maximum absolute atomic E-state index is 12.2. The van der Waals surface area contributed by atoms with E-state index in [0.717, 1.165) is 12.8 Å². The van der Waals surface area contributed by atoms with Crippen LogP contribution in [0.5, 0.6) is 0 Å². The first-order valence-electron chi connectivity index (χ1n) is 12.2. The number of unbranched alkanes of at least 4 members (excludes halogenated alkanes) is 12. The average Bonchev–Trinajstić information content (AvgIpc) is 2.73. The molecule has 1 aliphatic rings. The Kier molecular flexibility index (Phi) is 14.6. The van der Waals surface area contributed by atoms with Crippen LogP contribution in [-0.4, -0.2) is 36.5 Å². The van der Waals surface area contributed by atoms with E-state index in [1.807, 2.05) is 0 Å². The van der Waals surface area contributed by atoms with Crippen molar-refractivity contribution in [3.63, 3.8) is 0 Å². The SMILES string of the molecule is C=C(C)C(=O)N1CCC(C(=O)OCCCCCCCCCCCCCCC)CC1. The predicted molar refractivity (Wildman–Crippen MR) is 121 cm³/mol. The molecule has 0 spiro atoms. The van der Waals surface area contributed by atoms with Gasteiger partial charge in [0.25, 0.3) is 0 Å². The highest BCUT2D eigenvalue weighted by molar-refractivity contribution is 5.92. The third kappa shape index (κ3) is 12.1. The molecule has 0 unspecified atom stereocenters. The summed E-state index contributed by atoms with van der Waals surface area (Å²) in [4.78, 5) is 25.9. The van der Waals surface area contributed by atoms with Gasteiger partial charge in [0.1, 0.15) is 0 Å². The monoisotopic (exact) mass is 407 g/mol. The van der Waals surface area contributed by atoms with Crippen molar-refractivity contribution in [2.75, 3.05) is 19.7 Å². The number of piperidine rings is 1. The average molecular weight is 408 g/mol. The number of carbonyl (C=O) groups is 2. The molecule has 0 aromatic carbocycles. The Bertz CT molecular complexity index is 467. The van der Waals surface area contributed by atoms with Crippen LogP contribution in [0.4, 0.5) is 0 Å². The minimum atomic E-state index is -0.0774. The molecule has 0 radical (unpaired) electrons. The van der Waals surface area contributed by atoms with E-state index < -0.39 is 0 Å². The zero-order valence-electron chi connectivity index (χ0n) is 19.2. The molecule has 0 bridgehead atoms. The molecule has 0 aromatic rings. The fourth-order valence-corrected chi connectivity index (χ4v) is 4.00. The summed E-state index contributed by atoms with van der Waals surface area (Å²) in [5.74, 6) is -0.124.